The summed E-state index contributed by atoms with van der Waals surface area (Å²) in [5.74, 6) is -2.28. The van der Waals surface area contributed by atoms with Gasteiger partial charge in [0.1, 0.15) is 0 Å². The highest BCUT2D eigenvalue weighted by Crippen LogP contribution is 2.23. The average Bonchev–Trinajstić information content (AvgIpc) is 2.28. The molecule has 0 rings (SSSR count). The van der Waals surface area contributed by atoms with Crippen molar-refractivity contribution in [1.82, 2.24) is 0 Å². The summed E-state index contributed by atoms with van der Waals surface area (Å²) in [7, 11) is 0.245. The Kier molecular flexibility index (Phi) is 6.09. The highest BCUT2D eigenvalue weighted by Gasteiger charge is 2.52. The summed E-state index contributed by atoms with van der Waals surface area (Å²) in [6, 6.07) is 0. The number of carbonyl (C=O) groups is 1. The second-order valence-corrected chi connectivity index (χ2v) is 6.09. The van der Waals surface area contributed by atoms with Crippen LogP contribution in [0.5, 0.6) is 0 Å². The van der Waals surface area contributed by atoms with Crippen molar-refractivity contribution in [3.8, 4) is 0 Å². The number of alkyl halides is 3. The van der Waals surface area contributed by atoms with Gasteiger partial charge in [-0.2, -0.15) is 13.2 Å². The molecule has 1 unspecified atom stereocenters. The zero-order valence-corrected chi connectivity index (χ0v) is 11.0. The molecule has 17 heavy (non-hydrogen) atoms. The number of rotatable bonds is 6. The molecule has 0 N–H and O–H groups in total. The maximum Gasteiger partial charge on any atom is 0.543 e. The smallest absolute Gasteiger partial charge is 0.451 e. The molecule has 0 aromatic carbocycles. The quantitative estimate of drug-likeness (QED) is 0.540. The zero-order chi connectivity index (χ0) is 13.7. The van der Waals surface area contributed by atoms with Crippen molar-refractivity contribution >= 4 is 14.8 Å². The predicted molar refractivity (Wildman–Crippen MR) is 53.0 cm³/mol. The molecule has 102 valence electrons. The first kappa shape index (κ1) is 16.4. The minimum atomic E-state index is -5.05. The van der Waals surface area contributed by atoms with Gasteiger partial charge in [-0.15, -0.1) is 0 Å². The standard InChI is InChI=1S/C8H15F3O5Si/c1-5-6(16-7(12)8(9,10)11)17(13-2,14-3)15-4/h6H,5H2,1-4H3. The van der Waals surface area contributed by atoms with E-state index in [0.717, 1.165) is 0 Å². The topological polar surface area (TPSA) is 54.0 Å². The minimum Gasteiger partial charge on any atom is -0.451 e. The van der Waals surface area contributed by atoms with Gasteiger partial charge in [0, 0.05) is 21.3 Å². The fourth-order valence-corrected chi connectivity index (χ4v) is 3.29. The van der Waals surface area contributed by atoms with Crippen molar-refractivity contribution in [3.05, 3.63) is 0 Å². The molecular weight excluding hydrogens is 261 g/mol. The summed E-state index contributed by atoms with van der Waals surface area (Å²) >= 11 is 0. The number of ether oxygens (including phenoxy) is 1. The van der Waals surface area contributed by atoms with Gasteiger partial charge in [-0.3, -0.25) is 0 Å². The molecule has 0 aliphatic carbocycles. The van der Waals surface area contributed by atoms with Crippen LogP contribution in [-0.4, -0.2) is 48.0 Å². The van der Waals surface area contributed by atoms with Crippen LogP contribution >= 0.6 is 0 Å². The first-order valence-electron chi connectivity index (χ1n) is 4.70. The van der Waals surface area contributed by atoms with Crippen LogP contribution in [0.15, 0.2) is 0 Å². The third-order valence-corrected chi connectivity index (χ3v) is 5.12. The van der Waals surface area contributed by atoms with Gasteiger partial charge >= 0.3 is 21.0 Å². The fraction of sp³-hybridized carbons (Fsp3) is 0.875. The van der Waals surface area contributed by atoms with E-state index >= 15 is 0 Å². The molecule has 0 fully saturated rings. The Labute approximate surface area is 98.2 Å². The van der Waals surface area contributed by atoms with Crippen LogP contribution in [0.2, 0.25) is 0 Å². The van der Waals surface area contributed by atoms with Crippen molar-refractivity contribution in [3.63, 3.8) is 0 Å². The van der Waals surface area contributed by atoms with Gasteiger partial charge in [-0.1, -0.05) is 6.92 Å². The van der Waals surface area contributed by atoms with Gasteiger partial charge in [-0.25, -0.2) is 4.79 Å². The summed E-state index contributed by atoms with van der Waals surface area (Å²) in [5, 5.41) is 0. The van der Waals surface area contributed by atoms with E-state index in [9.17, 15) is 18.0 Å². The molecule has 0 radical (unpaired) electrons. The van der Waals surface area contributed by atoms with Crippen LogP contribution in [0.25, 0.3) is 0 Å². The summed E-state index contributed by atoms with van der Waals surface area (Å²) in [6.07, 6.45) is -4.97. The van der Waals surface area contributed by atoms with Crippen molar-refractivity contribution in [2.24, 2.45) is 0 Å². The van der Waals surface area contributed by atoms with Crippen LogP contribution in [0.4, 0.5) is 13.2 Å². The number of esters is 1. The summed E-state index contributed by atoms with van der Waals surface area (Å²) in [5.41, 5.74) is -1.20. The highest BCUT2D eigenvalue weighted by atomic mass is 28.4. The third-order valence-electron chi connectivity index (χ3n) is 2.10. The lowest BCUT2D eigenvalue weighted by Gasteiger charge is -2.31. The number of carbonyl (C=O) groups excluding carboxylic acids is 1. The van der Waals surface area contributed by atoms with Crippen molar-refractivity contribution in [1.29, 1.82) is 0 Å². The highest BCUT2D eigenvalue weighted by molar-refractivity contribution is 6.62. The van der Waals surface area contributed by atoms with Crippen LogP contribution in [0.1, 0.15) is 13.3 Å². The maximum absolute atomic E-state index is 12.1. The van der Waals surface area contributed by atoms with E-state index in [0.29, 0.717) is 0 Å². The van der Waals surface area contributed by atoms with Crippen molar-refractivity contribution in [2.75, 3.05) is 21.3 Å². The minimum absolute atomic E-state index is 0.0869. The number of halogens is 3. The Hall–Kier alpha value is -0.643. The SMILES string of the molecule is CCC(OC(=O)C(F)(F)F)[Si](OC)(OC)OC. The van der Waals surface area contributed by atoms with Crippen LogP contribution < -0.4 is 0 Å². The molecule has 0 amide bonds. The summed E-state index contributed by atoms with van der Waals surface area (Å²) in [6.45, 7) is 1.53. The molecule has 1 atom stereocenters. The van der Waals surface area contributed by atoms with Gasteiger partial charge in [0.15, 0.2) is 5.73 Å². The lowest BCUT2D eigenvalue weighted by atomic mass is 10.5. The average molecular weight is 276 g/mol. The van der Waals surface area contributed by atoms with E-state index in [-0.39, 0.29) is 6.42 Å². The molecule has 0 aromatic rings. The second-order valence-electron chi connectivity index (χ2n) is 3.02. The van der Waals surface area contributed by atoms with Crippen LogP contribution in [0, 0.1) is 0 Å². The van der Waals surface area contributed by atoms with E-state index in [1.165, 1.54) is 28.3 Å². The Morgan fingerprint density at radius 2 is 1.59 bits per heavy atom. The number of hydrogen-bond acceptors (Lipinski definition) is 5. The molecule has 0 spiro atoms. The first-order chi connectivity index (χ1) is 7.77. The maximum atomic E-state index is 12.1. The van der Waals surface area contributed by atoms with Gasteiger partial charge in [-0.05, 0) is 6.42 Å². The van der Waals surface area contributed by atoms with Crippen LogP contribution in [0.3, 0.4) is 0 Å². The molecule has 0 heterocycles. The molecule has 0 aliphatic rings. The van der Waals surface area contributed by atoms with Gasteiger partial charge < -0.3 is 18.0 Å². The second kappa shape index (κ2) is 6.33. The van der Waals surface area contributed by atoms with E-state index in [4.69, 9.17) is 13.3 Å². The van der Waals surface area contributed by atoms with Gasteiger partial charge in [0.05, 0.1) is 0 Å². The molecule has 0 saturated carbocycles. The van der Waals surface area contributed by atoms with Gasteiger partial charge in [0.25, 0.3) is 0 Å². The zero-order valence-electron chi connectivity index (χ0n) is 9.96. The van der Waals surface area contributed by atoms with Crippen LogP contribution in [-0.2, 0) is 22.8 Å². The Morgan fingerprint density at radius 3 is 1.82 bits per heavy atom. The summed E-state index contributed by atoms with van der Waals surface area (Å²) < 4.78 is 55.4. The van der Waals surface area contributed by atoms with E-state index in [1.807, 2.05) is 0 Å². The third kappa shape index (κ3) is 3.94. The molecule has 0 aromatic heterocycles. The monoisotopic (exact) mass is 276 g/mol. The molecule has 0 bridgehead atoms. The summed E-state index contributed by atoms with van der Waals surface area (Å²) in [4.78, 5) is 10.7. The largest absolute Gasteiger partial charge is 0.543 e. The van der Waals surface area contributed by atoms with Crippen molar-refractivity contribution in [2.45, 2.75) is 25.2 Å². The molecule has 0 saturated heterocycles. The predicted octanol–water partition coefficient (Wildman–Crippen LogP) is 1.29. The Morgan fingerprint density at radius 1 is 1.18 bits per heavy atom. The van der Waals surface area contributed by atoms with E-state index in [2.05, 4.69) is 4.74 Å². The molecule has 0 aliphatic heterocycles. The Bertz CT molecular complexity index is 246. The fourth-order valence-electron chi connectivity index (χ4n) is 1.25. The molecule has 5 nitrogen and oxygen atoms in total. The molecular formula is C8H15F3O5Si. The number of hydrogen-bond donors (Lipinski definition) is 0. The first-order valence-corrected chi connectivity index (χ1v) is 6.50. The normalized spacial score (nSPS) is 14.5. The lowest BCUT2D eigenvalue weighted by molar-refractivity contribution is -0.204. The van der Waals surface area contributed by atoms with E-state index in [1.54, 1.807) is 0 Å². The lowest BCUT2D eigenvalue weighted by Crippen LogP contribution is -2.56. The van der Waals surface area contributed by atoms with Crippen molar-refractivity contribution < 1.29 is 36.0 Å². The van der Waals surface area contributed by atoms with E-state index < -0.39 is 26.7 Å². The Balaban J connectivity index is 4.89. The molecule has 9 heteroatoms. The van der Waals surface area contributed by atoms with Gasteiger partial charge in [0.2, 0.25) is 0 Å².